The molecule has 0 spiro atoms. The number of Topliss-reactive ketones (excluding diaryl/α,β-unsaturated/α-hetero) is 1. The summed E-state index contributed by atoms with van der Waals surface area (Å²) in [7, 11) is 0. The average molecular weight is 250 g/mol. The molecule has 1 fully saturated rings. The van der Waals surface area contributed by atoms with E-state index in [2.05, 4.69) is 43.3 Å². The molecule has 3 rings (SSSR count). The summed E-state index contributed by atoms with van der Waals surface area (Å²) in [4.78, 5) is 12.3. The standard InChI is InChI=1S/C18H18O/c1-13-7-5-6-10-15(13)11-18(19)17-12-16(17)14-8-3-2-4-9-14/h2-10,16-17H,11-12H2,1H3. The summed E-state index contributed by atoms with van der Waals surface area (Å²) in [6.45, 7) is 2.07. The van der Waals surface area contributed by atoms with Crippen molar-refractivity contribution in [1.29, 1.82) is 0 Å². The van der Waals surface area contributed by atoms with E-state index in [1.54, 1.807) is 0 Å². The molecule has 2 aromatic carbocycles. The van der Waals surface area contributed by atoms with Crippen molar-refractivity contribution in [3.63, 3.8) is 0 Å². The van der Waals surface area contributed by atoms with Crippen molar-refractivity contribution in [2.75, 3.05) is 0 Å². The van der Waals surface area contributed by atoms with Gasteiger partial charge in [-0.25, -0.2) is 0 Å². The zero-order chi connectivity index (χ0) is 13.2. The van der Waals surface area contributed by atoms with Gasteiger partial charge in [-0.05, 0) is 36.0 Å². The lowest BCUT2D eigenvalue weighted by Crippen LogP contribution is -2.07. The molecule has 0 radical (unpaired) electrons. The van der Waals surface area contributed by atoms with Crippen LogP contribution in [-0.2, 0) is 11.2 Å². The first-order chi connectivity index (χ1) is 9.25. The van der Waals surface area contributed by atoms with E-state index in [0.29, 0.717) is 18.1 Å². The molecule has 2 atom stereocenters. The number of benzene rings is 2. The van der Waals surface area contributed by atoms with E-state index in [4.69, 9.17) is 0 Å². The van der Waals surface area contributed by atoms with Crippen LogP contribution >= 0.6 is 0 Å². The first kappa shape index (κ1) is 12.2. The number of hydrogen-bond donors (Lipinski definition) is 0. The molecule has 0 bridgehead atoms. The highest BCUT2D eigenvalue weighted by Gasteiger charge is 2.43. The fourth-order valence-corrected chi connectivity index (χ4v) is 2.75. The van der Waals surface area contributed by atoms with Crippen molar-refractivity contribution in [3.05, 3.63) is 71.3 Å². The number of carbonyl (C=O) groups is 1. The Hall–Kier alpha value is -1.89. The van der Waals surface area contributed by atoms with Crippen molar-refractivity contribution >= 4 is 5.78 Å². The van der Waals surface area contributed by atoms with Gasteiger partial charge in [0.05, 0.1) is 0 Å². The predicted octanol–water partition coefficient (Wildman–Crippen LogP) is 3.91. The summed E-state index contributed by atoms with van der Waals surface area (Å²) in [5.74, 6) is 1.09. The van der Waals surface area contributed by atoms with Crippen molar-refractivity contribution in [1.82, 2.24) is 0 Å². The fraction of sp³-hybridized carbons (Fsp3) is 0.278. The largest absolute Gasteiger partial charge is 0.299 e. The summed E-state index contributed by atoms with van der Waals surface area (Å²) in [5, 5.41) is 0. The number of hydrogen-bond acceptors (Lipinski definition) is 1. The Bertz CT molecular complexity index is 586. The molecule has 1 aliphatic carbocycles. The van der Waals surface area contributed by atoms with E-state index in [1.165, 1.54) is 16.7 Å². The Kier molecular flexibility index (Phi) is 3.20. The maximum absolute atomic E-state index is 12.3. The second-order valence-corrected chi connectivity index (χ2v) is 5.43. The van der Waals surface area contributed by atoms with Crippen molar-refractivity contribution in [3.8, 4) is 0 Å². The second-order valence-electron chi connectivity index (χ2n) is 5.43. The summed E-state index contributed by atoms with van der Waals surface area (Å²) < 4.78 is 0. The Balaban J connectivity index is 1.66. The minimum atomic E-state index is 0.238. The highest BCUT2D eigenvalue weighted by atomic mass is 16.1. The molecule has 1 saturated carbocycles. The molecular formula is C18H18O. The van der Waals surface area contributed by atoms with Crippen LogP contribution in [0.1, 0.15) is 29.0 Å². The molecule has 0 aliphatic heterocycles. The van der Waals surface area contributed by atoms with E-state index in [1.807, 2.05) is 18.2 Å². The number of ketones is 1. The third-order valence-corrected chi connectivity index (χ3v) is 4.06. The third-order valence-electron chi connectivity index (χ3n) is 4.06. The first-order valence-electron chi connectivity index (χ1n) is 6.88. The zero-order valence-corrected chi connectivity index (χ0v) is 11.2. The van der Waals surface area contributed by atoms with Gasteiger partial charge in [-0.2, -0.15) is 0 Å². The monoisotopic (exact) mass is 250 g/mol. The SMILES string of the molecule is Cc1ccccc1CC(=O)C1CC1c1ccccc1. The van der Waals surface area contributed by atoms with E-state index in [9.17, 15) is 4.79 Å². The Morgan fingerprint density at radius 1 is 1.05 bits per heavy atom. The average Bonchev–Trinajstić information content (AvgIpc) is 3.23. The van der Waals surface area contributed by atoms with Crippen LogP contribution in [0.3, 0.4) is 0 Å². The zero-order valence-electron chi connectivity index (χ0n) is 11.2. The highest BCUT2D eigenvalue weighted by molar-refractivity contribution is 5.87. The first-order valence-corrected chi connectivity index (χ1v) is 6.88. The van der Waals surface area contributed by atoms with Crippen molar-refractivity contribution in [2.45, 2.75) is 25.7 Å². The lowest BCUT2D eigenvalue weighted by atomic mass is 9.99. The summed E-state index contributed by atoms with van der Waals surface area (Å²) in [6, 6.07) is 18.6. The maximum Gasteiger partial charge on any atom is 0.140 e. The van der Waals surface area contributed by atoms with Gasteiger partial charge in [-0.3, -0.25) is 4.79 Å². The van der Waals surface area contributed by atoms with Gasteiger partial charge in [0.15, 0.2) is 0 Å². The molecule has 2 aromatic rings. The predicted molar refractivity (Wildman–Crippen MR) is 77.2 cm³/mol. The molecule has 0 heterocycles. The van der Waals surface area contributed by atoms with Crippen LogP contribution in [0, 0.1) is 12.8 Å². The summed E-state index contributed by atoms with van der Waals surface area (Å²) in [5.41, 5.74) is 3.70. The minimum Gasteiger partial charge on any atom is -0.299 e. The van der Waals surface area contributed by atoms with E-state index >= 15 is 0 Å². The Labute approximate surface area is 114 Å². The molecule has 0 saturated heterocycles. The van der Waals surface area contributed by atoms with Gasteiger partial charge >= 0.3 is 0 Å². The molecule has 0 N–H and O–H groups in total. The van der Waals surface area contributed by atoms with Crippen LogP contribution in [0.25, 0.3) is 0 Å². The van der Waals surface area contributed by atoms with Crippen molar-refractivity contribution in [2.24, 2.45) is 5.92 Å². The lowest BCUT2D eigenvalue weighted by molar-refractivity contribution is -0.119. The molecule has 96 valence electrons. The van der Waals surface area contributed by atoms with Crippen LogP contribution in [0.5, 0.6) is 0 Å². The number of aryl methyl sites for hydroxylation is 1. The second kappa shape index (κ2) is 5.00. The topological polar surface area (TPSA) is 17.1 Å². The highest BCUT2D eigenvalue weighted by Crippen LogP contribution is 2.48. The summed E-state index contributed by atoms with van der Waals surface area (Å²) >= 11 is 0. The van der Waals surface area contributed by atoms with Crippen LogP contribution < -0.4 is 0 Å². The molecule has 1 heteroatoms. The van der Waals surface area contributed by atoms with Crippen LogP contribution in [0.15, 0.2) is 54.6 Å². The number of carbonyl (C=O) groups excluding carboxylic acids is 1. The molecular weight excluding hydrogens is 232 g/mol. The van der Waals surface area contributed by atoms with Crippen molar-refractivity contribution < 1.29 is 4.79 Å². The quantitative estimate of drug-likeness (QED) is 0.804. The third kappa shape index (κ3) is 2.60. The molecule has 1 nitrogen and oxygen atoms in total. The van der Waals surface area contributed by atoms with Gasteiger partial charge in [0.25, 0.3) is 0 Å². The lowest BCUT2D eigenvalue weighted by Gasteiger charge is -2.04. The van der Waals surface area contributed by atoms with Gasteiger partial charge in [0, 0.05) is 12.3 Å². The van der Waals surface area contributed by atoms with Gasteiger partial charge in [-0.1, -0.05) is 54.6 Å². The maximum atomic E-state index is 12.3. The molecule has 2 unspecified atom stereocenters. The van der Waals surface area contributed by atoms with E-state index in [-0.39, 0.29) is 5.92 Å². The van der Waals surface area contributed by atoms with Crippen LogP contribution in [0.2, 0.25) is 0 Å². The Morgan fingerprint density at radius 2 is 1.74 bits per heavy atom. The van der Waals surface area contributed by atoms with E-state index < -0.39 is 0 Å². The molecule has 19 heavy (non-hydrogen) atoms. The fourth-order valence-electron chi connectivity index (χ4n) is 2.75. The molecule has 1 aliphatic rings. The van der Waals surface area contributed by atoms with Gasteiger partial charge in [0.1, 0.15) is 5.78 Å². The van der Waals surface area contributed by atoms with E-state index in [0.717, 1.165) is 6.42 Å². The molecule has 0 aromatic heterocycles. The number of rotatable bonds is 4. The van der Waals surface area contributed by atoms with Crippen LogP contribution in [0.4, 0.5) is 0 Å². The van der Waals surface area contributed by atoms with Gasteiger partial charge in [-0.15, -0.1) is 0 Å². The van der Waals surface area contributed by atoms with Gasteiger partial charge < -0.3 is 0 Å². The normalized spacial score (nSPS) is 21.1. The Morgan fingerprint density at radius 3 is 2.47 bits per heavy atom. The minimum absolute atomic E-state index is 0.238. The van der Waals surface area contributed by atoms with Crippen LogP contribution in [-0.4, -0.2) is 5.78 Å². The van der Waals surface area contributed by atoms with Gasteiger partial charge in [0.2, 0.25) is 0 Å². The smallest absolute Gasteiger partial charge is 0.140 e. The molecule has 0 amide bonds. The summed E-state index contributed by atoms with van der Waals surface area (Å²) in [6.07, 6.45) is 1.61.